The number of nitro benzene ring substituents is 1. The number of halogens is 1. The molecule has 2 aromatic rings. The summed E-state index contributed by atoms with van der Waals surface area (Å²) >= 11 is 5.89. The number of hydrogen-bond acceptors (Lipinski definition) is 5. The van der Waals surface area contributed by atoms with E-state index in [1.165, 1.54) is 23.1 Å². The quantitative estimate of drug-likeness (QED) is 0.247. The van der Waals surface area contributed by atoms with Gasteiger partial charge in [0.1, 0.15) is 5.76 Å². The minimum absolute atomic E-state index is 0.0890. The number of hydrogen-bond donors (Lipinski definition) is 1. The highest BCUT2D eigenvalue weighted by Crippen LogP contribution is 2.40. The number of ketones is 1. The zero-order valence-corrected chi connectivity index (χ0v) is 16.4. The number of carbonyl (C=O) groups is 2. The van der Waals surface area contributed by atoms with Gasteiger partial charge in [-0.05, 0) is 36.2 Å². The fraction of sp³-hybridized carbons (Fsp3) is 0.238. The molecule has 150 valence electrons. The van der Waals surface area contributed by atoms with Crippen LogP contribution in [0.4, 0.5) is 5.69 Å². The third-order valence-corrected chi connectivity index (χ3v) is 5.06. The summed E-state index contributed by atoms with van der Waals surface area (Å²) in [5.74, 6) is -1.88. The summed E-state index contributed by atoms with van der Waals surface area (Å²) in [5.41, 5.74) is 0.479. The Morgan fingerprint density at radius 2 is 1.90 bits per heavy atom. The van der Waals surface area contributed by atoms with Crippen molar-refractivity contribution in [1.82, 2.24) is 4.90 Å². The van der Waals surface area contributed by atoms with Gasteiger partial charge in [-0.15, -0.1) is 0 Å². The van der Waals surface area contributed by atoms with Crippen LogP contribution >= 0.6 is 11.6 Å². The number of amides is 1. The van der Waals surface area contributed by atoms with Gasteiger partial charge < -0.3 is 10.0 Å². The molecule has 0 saturated carbocycles. The molecule has 0 bridgehead atoms. The SMILES string of the molecule is CCCCN1C(=O)C(=O)/C(=C(/O)c2ccc(Cl)cc2)[C@@H]1c1cccc([N+](=O)[O-])c1. The Balaban J connectivity index is 2.18. The summed E-state index contributed by atoms with van der Waals surface area (Å²) in [6, 6.07) is 11.1. The Labute approximate surface area is 172 Å². The molecule has 1 fully saturated rings. The summed E-state index contributed by atoms with van der Waals surface area (Å²) in [6.07, 6.45) is 1.45. The van der Waals surface area contributed by atoms with Gasteiger partial charge >= 0.3 is 0 Å². The van der Waals surface area contributed by atoms with Crippen LogP contribution in [0.25, 0.3) is 5.76 Å². The number of nitrogens with zero attached hydrogens (tertiary/aromatic N) is 2. The van der Waals surface area contributed by atoms with Gasteiger partial charge in [-0.25, -0.2) is 0 Å². The van der Waals surface area contributed by atoms with Gasteiger partial charge in [0.2, 0.25) is 0 Å². The van der Waals surface area contributed by atoms with Crippen LogP contribution in [0.1, 0.15) is 36.9 Å². The van der Waals surface area contributed by atoms with E-state index in [4.69, 9.17) is 11.6 Å². The second-order valence-electron chi connectivity index (χ2n) is 6.71. The van der Waals surface area contributed by atoms with Gasteiger partial charge in [-0.1, -0.05) is 37.1 Å². The number of likely N-dealkylation sites (tertiary alicyclic amines) is 1. The molecule has 0 unspecified atom stereocenters. The lowest BCUT2D eigenvalue weighted by atomic mass is 9.95. The van der Waals surface area contributed by atoms with Crippen molar-refractivity contribution < 1.29 is 19.6 Å². The largest absolute Gasteiger partial charge is 0.507 e. The molecule has 1 aliphatic heterocycles. The summed E-state index contributed by atoms with van der Waals surface area (Å²) in [7, 11) is 0. The Morgan fingerprint density at radius 3 is 2.52 bits per heavy atom. The van der Waals surface area contributed by atoms with Gasteiger partial charge in [0.05, 0.1) is 16.5 Å². The minimum Gasteiger partial charge on any atom is -0.507 e. The molecule has 29 heavy (non-hydrogen) atoms. The highest BCUT2D eigenvalue weighted by molar-refractivity contribution is 6.46. The second-order valence-corrected chi connectivity index (χ2v) is 7.14. The van der Waals surface area contributed by atoms with E-state index in [1.807, 2.05) is 6.92 Å². The maximum Gasteiger partial charge on any atom is 0.295 e. The van der Waals surface area contributed by atoms with Crippen molar-refractivity contribution in [2.75, 3.05) is 6.54 Å². The van der Waals surface area contributed by atoms with Crippen molar-refractivity contribution >= 4 is 34.7 Å². The summed E-state index contributed by atoms with van der Waals surface area (Å²) in [4.78, 5) is 37.5. The van der Waals surface area contributed by atoms with E-state index in [0.29, 0.717) is 29.1 Å². The molecule has 7 nitrogen and oxygen atoms in total. The van der Waals surface area contributed by atoms with Crippen molar-refractivity contribution in [2.45, 2.75) is 25.8 Å². The first-order chi connectivity index (χ1) is 13.8. The van der Waals surface area contributed by atoms with Crippen molar-refractivity contribution in [1.29, 1.82) is 0 Å². The highest BCUT2D eigenvalue weighted by Gasteiger charge is 2.46. The molecule has 1 atom stereocenters. The van der Waals surface area contributed by atoms with Crippen LogP contribution in [0, 0.1) is 10.1 Å². The van der Waals surface area contributed by atoms with Gasteiger partial charge in [0.25, 0.3) is 17.4 Å². The summed E-state index contributed by atoms with van der Waals surface area (Å²) in [6.45, 7) is 2.25. The molecule has 1 saturated heterocycles. The van der Waals surface area contributed by atoms with E-state index in [2.05, 4.69) is 0 Å². The second kappa shape index (κ2) is 8.45. The van der Waals surface area contributed by atoms with Gasteiger partial charge in [0.15, 0.2) is 0 Å². The van der Waals surface area contributed by atoms with Crippen LogP contribution in [0.5, 0.6) is 0 Å². The molecule has 8 heteroatoms. The van der Waals surface area contributed by atoms with Crippen LogP contribution in [-0.2, 0) is 9.59 Å². The number of benzene rings is 2. The fourth-order valence-corrected chi connectivity index (χ4v) is 3.48. The highest BCUT2D eigenvalue weighted by atomic mass is 35.5. The number of unbranched alkanes of at least 4 members (excludes halogenated alkanes) is 1. The van der Waals surface area contributed by atoms with E-state index in [1.54, 1.807) is 30.3 Å². The molecule has 0 spiro atoms. The molecule has 3 rings (SSSR count). The van der Waals surface area contributed by atoms with Crippen molar-refractivity contribution in [2.24, 2.45) is 0 Å². The Bertz CT molecular complexity index is 1000. The first-order valence-electron chi connectivity index (χ1n) is 9.13. The normalized spacial score (nSPS) is 18.3. The van der Waals surface area contributed by atoms with Crippen LogP contribution in [0.2, 0.25) is 5.02 Å². The number of non-ortho nitro benzene ring substituents is 1. The van der Waals surface area contributed by atoms with Crippen LogP contribution in [-0.4, -0.2) is 33.2 Å². The predicted octanol–water partition coefficient (Wildman–Crippen LogP) is 4.47. The molecule has 0 radical (unpaired) electrons. The van der Waals surface area contributed by atoms with Crippen molar-refractivity contribution in [3.8, 4) is 0 Å². The molecule has 0 aromatic heterocycles. The van der Waals surface area contributed by atoms with E-state index in [-0.39, 0.29) is 17.0 Å². The Kier molecular flexibility index (Phi) is 5.98. The van der Waals surface area contributed by atoms with Crippen LogP contribution < -0.4 is 0 Å². The number of aliphatic hydroxyl groups is 1. The van der Waals surface area contributed by atoms with Crippen molar-refractivity contribution in [3.05, 3.63) is 80.4 Å². The number of Topliss-reactive ketones (excluding diaryl/α,β-unsaturated/α-hetero) is 1. The molecule has 0 aliphatic carbocycles. The molecule has 1 heterocycles. The van der Waals surface area contributed by atoms with Crippen molar-refractivity contribution in [3.63, 3.8) is 0 Å². The maximum atomic E-state index is 12.8. The lowest BCUT2D eigenvalue weighted by Gasteiger charge is -2.25. The van der Waals surface area contributed by atoms with E-state index in [9.17, 15) is 24.8 Å². The zero-order chi connectivity index (χ0) is 21.1. The van der Waals surface area contributed by atoms with Crippen LogP contribution in [0.15, 0.2) is 54.1 Å². The first kappa shape index (κ1) is 20.5. The molecule has 2 aromatic carbocycles. The predicted molar refractivity (Wildman–Crippen MR) is 108 cm³/mol. The van der Waals surface area contributed by atoms with E-state index < -0.39 is 22.7 Å². The van der Waals surface area contributed by atoms with E-state index >= 15 is 0 Å². The third kappa shape index (κ3) is 4.00. The minimum atomic E-state index is -0.905. The third-order valence-electron chi connectivity index (χ3n) is 4.81. The number of aliphatic hydroxyl groups excluding tert-OH is 1. The number of nitro groups is 1. The van der Waals surface area contributed by atoms with Gasteiger partial charge in [0, 0.05) is 29.3 Å². The molecular formula is C21H19ClN2O5. The average molecular weight is 415 g/mol. The Hall–Kier alpha value is -3.19. The number of carbonyl (C=O) groups excluding carboxylic acids is 2. The molecular weight excluding hydrogens is 396 g/mol. The fourth-order valence-electron chi connectivity index (χ4n) is 3.36. The topological polar surface area (TPSA) is 101 Å². The smallest absolute Gasteiger partial charge is 0.295 e. The summed E-state index contributed by atoms with van der Waals surface area (Å²) < 4.78 is 0. The lowest BCUT2D eigenvalue weighted by molar-refractivity contribution is -0.384. The maximum absolute atomic E-state index is 12.8. The van der Waals surface area contributed by atoms with E-state index in [0.717, 1.165) is 6.42 Å². The van der Waals surface area contributed by atoms with Crippen LogP contribution in [0.3, 0.4) is 0 Å². The summed E-state index contributed by atoms with van der Waals surface area (Å²) in [5, 5.41) is 22.5. The standard InChI is InChI=1S/C21H19ClN2O5/c1-2-3-11-23-18(14-5-4-6-16(12-14)24(28)29)17(20(26)21(23)27)19(25)13-7-9-15(22)10-8-13/h4-10,12,18,25H,2-3,11H2,1H3/b19-17+/t18-/m0/s1. The molecule has 1 amide bonds. The first-order valence-corrected chi connectivity index (χ1v) is 9.51. The zero-order valence-electron chi connectivity index (χ0n) is 15.7. The Morgan fingerprint density at radius 1 is 1.21 bits per heavy atom. The molecule has 1 N–H and O–H groups in total. The lowest BCUT2D eigenvalue weighted by Crippen LogP contribution is -2.30. The number of rotatable bonds is 6. The van der Waals surface area contributed by atoms with Gasteiger partial charge in [-0.2, -0.15) is 0 Å². The monoisotopic (exact) mass is 414 g/mol. The van der Waals surface area contributed by atoms with Gasteiger partial charge in [-0.3, -0.25) is 19.7 Å². The average Bonchev–Trinajstić information content (AvgIpc) is 2.97. The molecule has 1 aliphatic rings.